The van der Waals surface area contributed by atoms with Gasteiger partial charge in [-0.2, -0.15) is 0 Å². The van der Waals surface area contributed by atoms with Gasteiger partial charge in [0.05, 0.1) is 5.56 Å². The molecule has 5 nitrogen and oxygen atoms in total. The number of nitrogens with two attached hydrogens (primary N) is 1. The third-order valence-electron chi connectivity index (χ3n) is 6.16. The number of primary amides is 1. The molecule has 1 fully saturated rings. The second-order valence-electron chi connectivity index (χ2n) is 8.84. The number of carbonyl (C=O) groups is 2. The lowest BCUT2D eigenvalue weighted by molar-refractivity contribution is -0.123. The van der Waals surface area contributed by atoms with E-state index in [1.165, 1.54) is 0 Å². The molecule has 2 rings (SSSR count). The van der Waals surface area contributed by atoms with Crippen LogP contribution in [0.4, 0.5) is 0 Å². The van der Waals surface area contributed by atoms with E-state index < -0.39 is 0 Å². The van der Waals surface area contributed by atoms with Crippen LogP contribution in [0.25, 0.3) is 0 Å². The zero-order chi connectivity index (χ0) is 25.1. The summed E-state index contributed by atoms with van der Waals surface area (Å²) in [6.45, 7) is 3.38. The van der Waals surface area contributed by atoms with E-state index in [0.29, 0.717) is 18.7 Å². The zero-order valence-electron chi connectivity index (χ0n) is 21.1. The van der Waals surface area contributed by atoms with Crippen LogP contribution >= 0.6 is 0 Å². The molecule has 0 bridgehead atoms. The molecule has 1 saturated heterocycles. The largest absolute Gasteiger partial charge is 0.369 e. The number of carbonyl (C=O) groups excluding carboxylic acids is 2. The molecule has 1 aliphatic rings. The topological polar surface area (TPSA) is 76.3 Å². The summed E-state index contributed by atoms with van der Waals surface area (Å²) in [5, 5.41) is 0. The number of hydrogen-bond acceptors (Lipinski definition) is 3. The maximum atomic E-state index is 12.6. The summed E-state index contributed by atoms with van der Waals surface area (Å²) in [7, 11) is 0. The number of allylic oxidation sites excluding steroid dienone is 10. The predicted octanol–water partition coefficient (Wildman–Crippen LogP) is 6.18. The van der Waals surface area contributed by atoms with Crippen molar-refractivity contribution in [1.29, 1.82) is 0 Å². The van der Waals surface area contributed by atoms with Crippen LogP contribution in [-0.4, -0.2) is 34.8 Å². The fraction of sp³-hybridized carbons (Fsp3) is 0.433. The molecular weight excluding hydrogens is 434 g/mol. The lowest BCUT2D eigenvalue weighted by atomic mass is 9.87. The van der Waals surface area contributed by atoms with Gasteiger partial charge >= 0.3 is 0 Å². The molecule has 0 aliphatic carbocycles. The Hall–Kier alpha value is -3.21. The molecule has 2 N–H and O–H groups in total. The van der Waals surface area contributed by atoms with Crippen LogP contribution in [0.1, 0.15) is 68.6 Å². The molecule has 1 unspecified atom stereocenters. The lowest BCUT2D eigenvalue weighted by Crippen LogP contribution is -2.34. The Morgan fingerprint density at radius 3 is 2.14 bits per heavy atom. The van der Waals surface area contributed by atoms with Crippen molar-refractivity contribution in [2.24, 2.45) is 17.6 Å². The Kier molecular flexibility index (Phi) is 13.8. The Morgan fingerprint density at radius 1 is 1.00 bits per heavy atom. The van der Waals surface area contributed by atoms with Gasteiger partial charge in [-0.3, -0.25) is 14.6 Å². The smallest absolute Gasteiger partial charge is 0.255 e. The monoisotopic (exact) mass is 475 g/mol. The minimum atomic E-state index is -0.266. The highest BCUT2D eigenvalue weighted by molar-refractivity contribution is 5.94. The standard InChI is InChI=1S/C30H41N3O2/c1-2-3-4-5-6-7-8-9-10-11-12-13-14-15-16-17-20-28(29(31)34)27-21-23-33(25-27)30(35)26-19-18-22-32-24-26/h3-4,6-7,9-10,12-13,15-16,18-19,22,24,27-28H,2,5,8,11,14,17,20-21,23,25H2,1H3,(H2,31,34)/t27-,28?/m1/s1. The molecular formula is C30H41N3O2. The van der Waals surface area contributed by atoms with Crippen LogP contribution in [-0.2, 0) is 4.79 Å². The molecule has 5 heteroatoms. The van der Waals surface area contributed by atoms with E-state index in [2.05, 4.69) is 72.7 Å². The van der Waals surface area contributed by atoms with Gasteiger partial charge in [-0.05, 0) is 69.4 Å². The summed E-state index contributed by atoms with van der Waals surface area (Å²) in [5.41, 5.74) is 6.30. The number of amides is 2. The minimum Gasteiger partial charge on any atom is -0.369 e. The van der Waals surface area contributed by atoms with E-state index >= 15 is 0 Å². The van der Waals surface area contributed by atoms with Gasteiger partial charge < -0.3 is 10.6 Å². The average molecular weight is 476 g/mol. The number of pyridine rings is 1. The zero-order valence-corrected chi connectivity index (χ0v) is 21.1. The molecule has 188 valence electrons. The van der Waals surface area contributed by atoms with Crippen molar-refractivity contribution in [3.63, 3.8) is 0 Å². The normalized spacial score (nSPS) is 17.6. The van der Waals surface area contributed by atoms with Gasteiger partial charge in [0.15, 0.2) is 0 Å². The molecule has 0 spiro atoms. The third-order valence-corrected chi connectivity index (χ3v) is 6.16. The second-order valence-corrected chi connectivity index (χ2v) is 8.84. The number of likely N-dealkylation sites (tertiary alicyclic amines) is 1. The Morgan fingerprint density at radius 2 is 1.60 bits per heavy atom. The first-order chi connectivity index (χ1) is 17.1. The molecule has 2 heterocycles. The second kappa shape index (κ2) is 17.3. The number of rotatable bonds is 15. The van der Waals surface area contributed by atoms with E-state index in [1.807, 2.05) is 4.90 Å². The van der Waals surface area contributed by atoms with Gasteiger partial charge in [0.25, 0.3) is 5.91 Å². The van der Waals surface area contributed by atoms with Crippen LogP contribution in [0.15, 0.2) is 85.3 Å². The number of aromatic nitrogens is 1. The van der Waals surface area contributed by atoms with Gasteiger partial charge in [0.1, 0.15) is 0 Å². The quantitative estimate of drug-likeness (QED) is 0.308. The average Bonchev–Trinajstić information content (AvgIpc) is 3.35. The first-order valence-corrected chi connectivity index (χ1v) is 12.9. The van der Waals surface area contributed by atoms with E-state index in [9.17, 15) is 9.59 Å². The van der Waals surface area contributed by atoms with Crippen LogP contribution in [0.2, 0.25) is 0 Å². The third kappa shape index (κ3) is 11.2. The van der Waals surface area contributed by atoms with Crippen molar-refractivity contribution < 1.29 is 9.59 Å². The van der Waals surface area contributed by atoms with Crippen molar-refractivity contribution in [3.05, 3.63) is 90.9 Å². The molecule has 2 amide bonds. The number of nitrogens with zero attached hydrogens (tertiary/aromatic N) is 2. The molecule has 0 aromatic carbocycles. The lowest BCUT2D eigenvalue weighted by Gasteiger charge is -2.21. The van der Waals surface area contributed by atoms with Gasteiger partial charge in [-0.1, -0.05) is 67.7 Å². The molecule has 1 aromatic heterocycles. The van der Waals surface area contributed by atoms with Crippen molar-refractivity contribution >= 4 is 11.8 Å². The van der Waals surface area contributed by atoms with E-state index in [0.717, 1.165) is 51.4 Å². The Bertz CT molecular complexity index is 899. The van der Waals surface area contributed by atoms with Gasteiger partial charge in [-0.25, -0.2) is 0 Å². The summed E-state index contributed by atoms with van der Waals surface area (Å²) >= 11 is 0. The molecule has 2 atom stereocenters. The van der Waals surface area contributed by atoms with Crippen molar-refractivity contribution in [1.82, 2.24) is 9.88 Å². The highest BCUT2D eigenvalue weighted by Crippen LogP contribution is 2.28. The van der Waals surface area contributed by atoms with Gasteiger partial charge in [-0.15, -0.1) is 0 Å². The fourth-order valence-corrected chi connectivity index (χ4v) is 4.23. The van der Waals surface area contributed by atoms with E-state index in [-0.39, 0.29) is 23.7 Å². The van der Waals surface area contributed by atoms with Crippen molar-refractivity contribution in [2.75, 3.05) is 13.1 Å². The molecule has 1 aromatic rings. The summed E-state index contributed by atoms with van der Waals surface area (Å²) in [6, 6.07) is 3.54. The van der Waals surface area contributed by atoms with Crippen LogP contribution in [0.3, 0.4) is 0 Å². The molecule has 0 radical (unpaired) electrons. The first kappa shape index (κ1) is 28.0. The number of hydrogen-bond donors (Lipinski definition) is 1. The maximum Gasteiger partial charge on any atom is 0.255 e. The van der Waals surface area contributed by atoms with Crippen molar-refractivity contribution in [2.45, 2.75) is 58.3 Å². The maximum absolute atomic E-state index is 12.6. The summed E-state index contributed by atoms with van der Waals surface area (Å²) < 4.78 is 0. The fourth-order valence-electron chi connectivity index (χ4n) is 4.23. The first-order valence-electron chi connectivity index (χ1n) is 12.9. The highest BCUT2D eigenvalue weighted by Gasteiger charge is 2.34. The Labute approximate surface area is 211 Å². The Balaban J connectivity index is 1.63. The SMILES string of the molecule is CCC=CCC=CCC=CCC=CCC=CCCC(C(N)=O)[C@@H]1CCN(C(=O)c2cccnc2)C1. The van der Waals surface area contributed by atoms with Gasteiger partial charge in [0, 0.05) is 31.4 Å². The predicted molar refractivity (Wildman–Crippen MR) is 145 cm³/mol. The van der Waals surface area contributed by atoms with E-state index in [1.54, 1.807) is 24.5 Å². The van der Waals surface area contributed by atoms with E-state index in [4.69, 9.17) is 5.73 Å². The summed E-state index contributed by atoms with van der Waals surface area (Å²) in [6.07, 6.45) is 32.3. The summed E-state index contributed by atoms with van der Waals surface area (Å²) in [5.74, 6) is -0.376. The molecule has 1 aliphatic heterocycles. The molecule has 0 saturated carbocycles. The summed E-state index contributed by atoms with van der Waals surface area (Å²) in [4.78, 5) is 30.6. The van der Waals surface area contributed by atoms with Crippen LogP contribution in [0, 0.1) is 11.8 Å². The minimum absolute atomic E-state index is 0.0263. The van der Waals surface area contributed by atoms with Gasteiger partial charge in [0.2, 0.25) is 5.91 Å². The van der Waals surface area contributed by atoms with Crippen LogP contribution < -0.4 is 5.73 Å². The van der Waals surface area contributed by atoms with Crippen molar-refractivity contribution in [3.8, 4) is 0 Å². The highest BCUT2D eigenvalue weighted by atomic mass is 16.2. The molecule has 35 heavy (non-hydrogen) atoms. The van der Waals surface area contributed by atoms with Crippen LogP contribution in [0.5, 0.6) is 0 Å².